The zero-order chi connectivity index (χ0) is 31.3. The molecule has 10 unspecified atom stereocenters. The molecule has 5 rings (SSSR count). The fourth-order valence-corrected chi connectivity index (χ4v) is 5.13. The first-order valence-corrected chi connectivity index (χ1v) is 13.0. The maximum atomic E-state index is 13.9. The topological polar surface area (TPSA) is 280 Å². The van der Waals surface area contributed by atoms with Crippen molar-refractivity contribution in [1.29, 1.82) is 0 Å². The Morgan fingerprint density at radius 3 is 1.93 bits per heavy atom. The zero-order valence-electron chi connectivity index (χ0n) is 22.0. The van der Waals surface area contributed by atoms with Crippen molar-refractivity contribution in [2.75, 3.05) is 13.2 Å². The lowest BCUT2D eigenvalue weighted by Crippen LogP contribution is -2.60. The summed E-state index contributed by atoms with van der Waals surface area (Å²) in [5, 5.41) is 112. The Kier molecular flexibility index (Phi) is 8.52. The van der Waals surface area contributed by atoms with Crippen LogP contribution >= 0.6 is 0 Å². The van der Waals surface area contributed by atoms with Crippen LogP contribution in [0.5, 0.6) is 23.0 Å². The van der Waals surface area contributed by atoms with Gasteiger partial charge < -0.3 is 74.8 Å². The minimum atomic E-state index is -1.95. The van der Waals surface area contributed by atoms with E-state index < -0.39 is 114 Å². The molecule has 2 saturated heterocycles. The first kappa shape index (κ1) is 30.9. The maximum Gasteiger partial charge on any atom is 0.239 e. The number of hydrogen-bond acceptors (Lipinski definition) is 16. The number of aliphatic hydroxyl groups excluding tert-OH is 8. The van der Waals surface area contributed by atoms with Crippen LogP contribution in [-0.4, -0.2) is 125 Å². The van der Waals surface area contributed by atoms with E-state index in [1.165, 1.54) is 24.3 Å². The monoisotopic (exact) mass is 610 g/mol. The molecule has 3 aromatic rings. The van der Waals surface area contributed by atoms with E-state index in [0.717, 1.165) is 6.07 Å². The van der Waals surface area contributed by atoms with E-state index in [2.05, 4.69) is 0 Å². The molecular weight excluding hydrogens is 580 g/mol. The van der Waals surface area contributed by atoms with Crippen molar-refractivity contribution in [3.8, 4) is 34.3 Å². The van der Waals surface area contributed by atoms with Gasteiger partial charge >= 0.3 is 0 Å². The fourth-order valence-electron chi connectivity index (χ4n) is 5.13. The number of hydrogen-bond donors (Lipinski definition) is 11. The lowest BCUT2D eigenvalue weighted by molar-refractivity contribution is -0.277. The van der Waals surface area contributed by atoms with E-state index in [1.807, 2.05) is 0 Å². The van der Waals surface area contributed by atoms with Gasteiger partial charge in [-0.05, 0) is 24.3 Å². The molecule has 10 atom stereocenters. The van der Waals surface area contributed by atoms with Crippen molar-refractivity contribution in [3.63, 3.8) is 0 Å². The van der Waals surface area contributed by atoms with Gasteiger partial charge in [0.05, 0.1) is 18.8 Å². The van der Waals surface area contributed by atoms with E-state index in [1.54, 1.807) is 0 Å². The highest BCUT2D eigenvalue weighted by molar-refractivity contribution is 5.90. The summed E-state index contributed by atoms with van der Waals surface area (Å²) in [5.41, 5.74) is -2.04. The highest BCUT2D eigenvalue weighted by atomic mass is 16.7. The van der Waals surface area contributed by atoms with Crippen LogP contribution in [-0.2, 0) is 9.47 Å². The first-order valence-electron chi connectivity index (χ1n) is 13.0. The Morgan fingerprint density at radius 1 is 0.744 bits per heavy atom. The van der Waals surface area contributed by atoms with Gasteiger partial charge in [-0.15, -0.1) is 0 Å². The number of rotatable bonds is 6. The van der Waals surface area contributed by atoms with Crippen LogP contribution in [0.25, 0.3) is 22.3 Å². The second kappa shape index (κ2) is 11.9. The lowest BCUT2D eigenvalue weighted by atomic mass is 9.89. The Hall–Kier alpha value is -3.55. The predicted octanol–water partition coefficient (Wildman–Crippen LogP) is -2.73. The maximum absolute atomic E-state index is 13.9. The minimum absolute atomic E-state index is 0.119. The standard InChI is InChI=1S/C27H30O16/c28-6-12-16(32)20(36)22(38)25(41-12)14-10(31)5-11-15(18(14)34)19(35)26(24(40-11)8-1-3-9(30)4-2-8)43-27-23(39)21(37)17(33)13(7-29)42-27/h1-5,12-13,16-17,20-23,25,27-34,36-39H,6-7H2. The molecule has 43 heavy (non-hydrogen) atoms. The molecule has 16 heteroatoms. The number of aliphatic hydroxyl groups is 8. The molecule has 0 aliphatic carbocycles. The van der Waals surface area contributed by atoms with Gasteiger partial charge in [-0.1, -0.05) is 0 Å². The Morgan fingerprint density at radius 2 is 1.33 bits per heavy atom. The molecule has 2 aliphatic rings. The third-order valence-corrected chi connectivity index (χ3v) is 7.52. The average molecular weight is 611 g/mol. The summed E-state index contributed by atoms with van der Waals surface area (Å²) in [4.78, 5) is 13.9. The number of aromatic hydroxyl groups is 3. The normalized spacial score (nSPS) is 33.0. The van der Waals surface area contributed by atoms with Crippen LogP contribution in [0, 0.1) is 0 Å². The number of benzene rings is 2. The second-order valence-electron chi connectivity index (χ2n) is 10.2. The van der Waals surface area contributed by atoms with Crippen LogP contribution in [0.15, 0.2) is 39.5 Å². The van der Waals surface area contributed by atoms with Gasteiger partial charge in [0.25, 0.3) is 0 Å². The predicted molar refractivity (Wildman–Crippen MR) is 140 cm³/mol. The van der Waals surface area contributed by atoms with Gasteiger partial charge in [0, 0.05) is 11.6 Å². The molecular formula is C27H30O16. The van der Waals surface area contributed by atoms with Gasteiger partial charge in [-0.25, -0.2) is 0 Å². The van der Waals surface area contributed by atoms with Crippen molar-refractivity contribution in [1.82, 2.24) is 0 Å². The van der Waals surface area contributed by atoms with E-state index >= 15 is 0 Å². The smallest absolute Gasteiger partial charge is 0.239 e. The van der Waals surface area contributed by atoms with Crippen LogP contribution < -0.4 is 10.2 Å². The highest BCUT2D eigenvalue weighted by Gasteiger charge is 2.47. The van der Waals surface area contributed by atoms with E-state index in [4.69, 9.17) is 18.6 Å². The van der Waals surface area contributed by atoms with Gasteiger partial charge in [0.15, 0.2) is 5.76 Å². The molecule has 16 nitrogen and oxygen atoms in total. The second-order valence-corrected chi connectivity index (χ2v) is 10.2. The summed E-state index contributed by atoms with van der Waals surface area (Å²) in [5.74, 6) is -2.99. The van der Waals surface area contributed by atoms with Gasteiger partial charge in [-0.3, -0.25) is 4.79 Å². The number of phenols is 3. The van der Waals surface area contributed by atoms with Crippen LogP contribution in [0.4, 0.5) is 0 Å². The highest BCUT2D eigenvalue weighted by Crippen LogP contribution is 2.46. The molecule has 2 aliphatic heterocycles. The van der Waals surface area contributed by atoms with Crippen molar-refractivity contribution >= 4 is 11.0 Å². The Balaban J connectivity index is 1.70. The summed E-state index contributed by atoms with van der Waals surface area (Å²) in [6, 6.07) is 6.03. The summed E-state index contributed by atoms with van der Waals surface area (Å²) < 4.78 is 22.3. The van der Waals surface area contributed by atoms with Crippen molar-refractivity contribution in [2.24, 2.45) is 0 Å². The molecule has 0 bridgehead atoms. The summed E-state index contributed by atoms with van der Waals surface area (Å²) in [6.45, 7) is -1.61. The van der Waals surface area contributed by atoms with E-state index in [-0.39, 0.29) is 17.1 Å². The van der Waals surface area contributed by atoms with Crippen molar-refractivity contribution < 1.29 is 74.8 Å². The molecule has 0 radical (unpaired) electrons. The molecule has 2 aromatic carbocycles. The van der Waals surface area contributed by atoms with Crippen molar-refractivity contribution in [2.45, 2.75) is 61.2 Å². The summed E-state index contributed by atoms with van der Waals surface area (Å²) >= 11 is 0. The molecule has 3 heterocycles. The average Bonchev–Trinajstić information content (AvgIpc) is 2.98. The number of fused-ring (bicyclic) bond motifs is 1. The summed E-state index contributed by atoms with van der Waals surface area (Å²) in [7, 11) is 0. The van der Waals surface area contributed by atoms with Gasteiger partial charge in [0.2, 0.25) is 17.5 Å². The molecule has 1 aromatic heterocycles. The van der Waals surface area contributed by atoms with Crippen molar-refractivity contribution in [3.05, 3.63) is 46.1 Å². The Labute approximate surface area is 241 Å². The lowest BCUT2D eigenvalue weighted by Gasteiger charge is -2.40. The molecule has 0 saturated carbocycles. The minimum Gasteiger partial charge on any atom is -0.508 e. The Bertz CT molecular complexity index is 1520. The number of phenolic OH excluding ortho intramolecular Hbond substituents is 3. The first-order chi connectivity index (χ1) is 20.4. The SMILES string of the molecule is O=c1c(OC2OC(CO)C(O)C(O)C2O)c(-c2ccc(O)cc2)oc2cc(O)c(C3OC(CO)C(O)C(O)C3O)c(O)c12. The van der Waals surface area contributed by atoms with E-state index in [9.17, 15) is 61.0 Å². The van der Waals surface area contributed by atoms with Gasteiger partial charge in [0.1, 0.15) is 83.2 Å². The molecule has 234 valence electrons. The fraction of sp³-hybridized carbons (Fsp3) is 0.444. The van der Waals surface area contributed by atoms with Crippen LogP contribution in [0.1, 0.15) is 11.7 Å². The molecule has 2 fully saturated rings. The molecule has 0 spiro atoms. The largest absolute Gasteiger partial charge is 0.508 e. The molecule has 11 N–H and O–H groups in total. The summed E-state index contributed by atoms with van der Waals surface area (Å²) in [6.07, 6.45) is -17.6. The molecule has 0 amide bonds. The van der Waals surface area contributed by atoms with Crippen LogP contribution in [0.2, 0.25) is 0 Å². The quantitative estimate of drug-likeness (QED) is 0.135. The third-order valence-electron chi connectivity index (χ3n) is 7.52. The zero-order valence-corrected chi connectivity index (χ0v) is 22.0. The third kappa shape index (κ3) is 5.27. The van der Waals surface area contributed by atoms with Gasteiger partial charge in [-0.2, -0.15) is 0 Å². The van der Waals surface area contributed by atoms with Crippen LogP contribution in [0.3, 0.4) is 0 Å². The number of ether oxygens (including phenoxy) is 3. The van der Waals surface area contributed by atoms with E-state index in [0.29, 0.717) is 0 Å².